The van der Waals surface area contributed by atoms with Gasteiger partial charge in [-0.25, -0.2) is 0 Å². The molecule has 0 saturated heterocycles. The van der Waals surface area contributed by atoms with Crippen LogP contribution < -0.4 is 0 Å². The predicted molar refractivity (Wildman–Crippen MR) is 167 cm³/mol. The summed E-state index contributed by atoms with van der Waals surface area (Å²) in [5.74, 6) is 0. The first-order valence-electron chi connectivity index (χ1n) is 13.3. The highest BCUT2D eigenvalue weighted by molar-refractivity contribution is 6.10. The minimum atomic E-state index is 0.969. The maximum Gasteiger partial charge on any atom is -0.00667 e. The molecule has 0 aromatic heterocycles. The van der Waals surface area contributed by atoms with E-state index in [1.165, 1.54) is 60.5 Å². The van der Waals surface area contributed by atoms with Gasteiger partial charge in [-0.05, 0) is 66.9 Å². The minimum Gasteiger partial charge on any atom is -0.0622 e. The fraction of sp³-hybridized carbons (Fsp3) is 0.0526. The van der Waals surface area contributed by atoms with Crippen molar-refractivity contribution >= 4 is 45.8 Å². The first-order chi connectivity index (χ1) is 18.8. The van der Waals surface area contributed by atoms with Crippen LogP contribution in [-0.2, 0) is 6.42 Å². The molecule has 0 unspecified atom stereocenters. The molecule has 6 aromatic rings. The molecule has 0 radical (unpaired) electrons. The van der Waals surface area contributed by atoms with E-state index < -0.39 is 0 Å². The van der Waals surface area contributed by atoms with E-state index in [1.54, 1.807) is 0 Å². The van der Waals surface area contributed by atoms with Crippen molar-refractivity contribution in [3.63, 3.8) is 0 Å². The lowest BCUT2D eigenvalue weighted by atomic mass is 9.86. The number of rotatable bonds is 6. The third kappa shape index (κ3) is 4.69. The molecule has 0 aliphatic rings. The zero-order valence-corrected chi connectivity index (χ0v) is 21.6. The summed E-state index contributed by atoms with van der Waals surface area (Å²) in [6.45, 7) is 2.26. The van der Waals surface area contributed by atoms with Gasteiger partial charge in [-0.1, -0.05) is 159 Å². The summed E-state index contributed by atoms with van der Waals surface area (Å²) in [4.78, 5) is 0. The Hall–Kier alpha value is -4.68. The van der Waals surface area contributed by atoms with Gasteiger partial charge in [0.05, 0.1) is 0 Å². The molecule has 6 aromatic carbocycles. The Balaban J connectivity index is 1.52. The molecule has 0 heterocycles. The lowest BCUT2D eigenvalue weighted by molar-refractivity contribution is 1.15. The SMILES string of the molecule is CCc1cc(/C=C/c2ccccc2)c2ccccc2c1-c1ccc(/C=C/c2ccccc2)c2ccccc12. The smallest absolute Gasteiger partial charge is 0.00667 e. The largest absolute Gasteiger partial charge is 0.0622 e. The monoisotopic (exact) mass is 486 g/mol. The second kappa shape index (κ2) is 10.7. The highest BCUT2D eigenvalue weighted by Crippen LogP contribution is 2.40. The second-order valence-electron chi connectivity index (χ2n) is 9.64. The van der Waals surface area contributed by atoms with Crippen LogP contribution in [0.5, 0.6) is 0 Å². The number of hydrogen-bond donors (Lipinski definition) is 0. The summed E-state index contributed by atoms with van der Waals surface area (Å²) in [6.07, 6.45) is 9.87. The fourth-order valence-corrected chi connectivity index (χ4v) is 5.38. The van der Waals surface area contributed by atoms with Crippen LogP contribution >= 0.6 is 0 Å². The molecule has 0 heteroatoms. The van der Waals surface area contributed by atoms with Gasteiger partial charge in [-0.2, -0.15) is 0 Å². The van der Waals surface area contributed by atoms with Crippen LogP contribution in [0, 0.1) is 0 Å². The molecule has 0 bridgehead atoms. The quantitative estimate of drug-likeness (QED) is 0.205. The summed E-state index contributed by atoms with van der Waals surface area (Å²) in [5, 5.41) is 5.15. The van der Waals surface area contributed by atoms with E-state index in [1.807, 2.05) is 0 Å². The van der Waals surface area contributed by atoms with Crippen LogP contribution in [0.25, 0.3) is 57.0 Å². The van der Waals surface area contributed by atoms with Crippen LogP contribution in [-0.4, -0.2) is 0 Å². The van der Waals surface area contributed by atoms with E-state index in [9.17, 15) is 0 Å². The number of aryl methyl sites for hydroxylation is 1. The molecule has 0 nitrogen and oxygen atoms in total. The van der Waals surface area contributed by atoms with E-state index in [0.29, 0.717) is 0 Å². The summed E-state index contributed by atoms with van der Waals surface area (Å²) < 4.78 is 0. The van der Waals surface area contributed by atoms with Gasteiger partial charge in [0.15, 0.2) is 0 Å². The van der Waals surface area contributed by atoms with Gasteiger partial charge >= 0.3 is 0 Å². The van der Waals surface area contributed by atoms with Crippen molar-refractivity contribution < 1.29 is 0 Å². The average Bonchev–Trinajstić information content (AvgIpc) is 2.99. The van der Waals surface area contributed by atoms with E-state index in [0.717, 1.165) is 6.42 Å². The zero-order chi connectivity index (χ0) is 25.7. The molecule has 182 valence electrons. The first-order valence-corrected chi connectivity index (χ1v) is 13.3. The van der Waals surface area contributed by atoms with Crippen molar-refractivity contribution in [3.8, 4) is 11.1 Å². The molecule has 0 saturated carbocycles. The van der Waals surface area contributed by atoms with Gasteiger partial charge in [0, 0.05) is 0 Å². The van der Waals surface area contributed by atoms with Crippen molar-refractivity contribution in [2.24, 2.45) is 0 Å². The molecule has 0 amide bonds. The average molecular weight is 487 g/mol. The molecule has 0 N–H and O–H groups in total. The molecular formula is C38H30. The van der Waals surface area contributed by atoms with Gasteiger partial charge in [0.1, 0.15) is 0 Å². The molecule has 6 rings (SSSR count). The normalized spacial score (nSPS) is 11.7. The highest BCUT2D eigenvalue weighted by Gasteiger charge is 2.15. The molecule has 0 aliphatic heterocycles. The Morgan fingerprint density at radius 1 is 0.447 bits per heavy atom. The zero-order valence-electron chi connectivity index (χ0n) is 21.6. The van der Waals surface area contributed by atoms with E-state index in [4.69, 9.17) is 0 Å². The van der Waals surface area contributed by atoms with Gasteiger partial charge in [0.2, 0.25) is 0 Å². The molecule has 0 fully saturated rings. The summed E-state index contributed by atoms with van der Waals surface area (Å²) >= 11 is 0. The standard InChI is InChI=1S/C38H30/c1-2-30-27-32(24-22-29-15-7-4-8-16-29)34-18-10-12-20-36(34)38(30)37-26-25-31(33-17-9-11-19-35(33)37)23-21-28-13-5-3-6-14-28/h3-27H,2H2,1H3/b23-21+,24-22+. The molecule has 38 heavy (non-hydrogen) atoms. The van der Waals surface area contributed by atoms with Crippen molar-refractivity contribution in [1.82, 2.24) is 0 Å². The molecule has 0 aliphatic carbocycles. The Bertz CT molecular complexity index is 1770. The van der Waals surface area contributed by atoms with Crippen LogP contribution in [0.2, 0.25) is 0 Å². The van der Waals surface area contributed by atoms with Crippen LogP contribution in [0.15, 0.2) is 127 Å². The van der Waals surface area contributed by atoms with Crippen molar-refractivity contribution in [1.29, 1.82) is 0 Å². The first kappa shape index (κ1) is 23.7. The van der Waals surface area contributed by atoms with E-state index in [-0.39, 0.29) is 0 Å². The van der Waals surface area contributed by atoms with Gasteiger partial charge in [-0.3, -0.25) is 0 Å². The third-order valence-electron chi connectivity index (χ3n) is 7.28. The number of hydrogen-bond acceptors (Lipinski definition) is 0. The Labute approximate surface area is 225 Å². The maximum atomic E-state index is 2.38. The Morgan fingerprint density at radius 2 is 0.947 bits per heavy atom. The number of benzene rings is 6. The summed E-state index contributed by atoms with van der Waals surface area (Å²) in [5.41, 5.74) is 8.92. The summed E-state index contributed by atoms with van der Waals surface area (Å²) in [6, 6.07) is 45.6. The molecule has 0 atom stereocenters. The number of fused-ring (bicyclic) bond motifs is 2. The maximum absolute atomic E-state index is 2.38. The van der Waals surface area contributed by atoms with Crippen LogP contribution in [0.4, 0.5) is 0 Å². The molecule has 0 spiro atoms. The van der Waals surface area contributed by atoms with Gasteiger partial charge in [0.25, 0.3) is 0 Å². The predicted octanol–water partition coefficient (Wildman–Crippen LogP) is 10.6. The third-order valence-corrected chi connectivity index (χ3v) is 7.28. The Morgan fingerprint density at radius 3 is 1.55 bits per heavy atom. The van der Waals surface area contributed by atoms with Crippen molar-refractivity contribution in [2.75, 3.05) is 0 Å². The van der Waals surface area contributed by atoms with Crippen molar-refractivity contribution in [3.05, 3.63) is 155 Å². The van der Waals surface area contributed by atoms with E-state index in [2.05, 4.69) is 159 Å². The highest BCUT2D eigenvalue weighted by atomic mass is 14.2. The summed E-state index contributed by atoms with van der Waals surface area (Å²) in [7, 11) is 0. The lowest BCUT2D eigenvalue weighted by Crippen LogP contribution is -1.94. The second-order valence-corrected chi connectivity index (χ2v) is 9.64. The fourth-order valence-electron chi connectivity index (χ4n) is 5.38. The Kier molecular flexibility index (Phi) is 6.70. The lowest BCUT2D eigenvalue weighted by Gasteiger charge is -2.18. The molecular weight excluding hydrogens is 456 g/mol. The van der Waals surface area contributed by atoms with Crippen LogP contribution in [0.1, 0.15) is 34.7 Å². The minimum absolute atomic E-state index is 0.969. The topological polar surface area (TPSA) is 0 Å². The van der Waals surface area contributed by atoms with Gasteiger partial charge < -0.3 is 0 Å². The van der Waals surface area contributed by atoms with Crippen LogP contribution in [0.3, 0.4) is 0 Å². The van der Waals surface area contributed by atoms with Gasteiger partial charge in [-0.15, -0.1) is 0 Å². The van der Waals surface area contributed by atoms with E-state index >= 15 is 0 Å². The van der Waals surface area contributed by atoms with Crippen molar-refractivity contribution in [2.45, 2.75) is 13.3 Å².